The molecule has 0 aromatic carbocycles. The summed E-state index contributed by atoms with van der Waals surface area (Å²) < 4.78 is 39.2. The van der Waals surface area contributed by atoms with E-state index in [1.165, 1.54) is 4.90 Å². The Kier molecular flexibility index (Phi) is 6.84. The number of aromatic amines is 1. The summed E-state index contributed by atoms with van der Waals surface area (Å²) in [6.45, 7) is 4.06. The first-order chi connectivity index (χ1) is 16.8. The van der Waals surface area contributed by atoms with Crippen LogP contribution in [0.15, 0.2) is 12.1 Å². The highest BCUT2D eigenvalue weighted by molar-refractivity contribution is 5.97. The van der Waals surface area contributed by atoms with Gasteiger partial charge in [0.1, 0.15) is 23.5 Å². The summed E-state index contributed by atoms with van der Waals surface area (Å²) in [5, 5.41) is 15.3. The van der Waals surface area contributed by atoms with Crippen LogP contribution in [0.2, 0.25) is 0 Å². The van der Waals surface area contributed by atoms with Crippen LogP contribution in [0.1, 0.15) is 81.4 Å². The van der Waals surface area contributed by atoms with Gasteiger partial charge in [-0.3, -0.25) is 14.4 Å². The Balaban J connectivity index is 1.52. The van der Waals surface area contributed by atoms with E-state index in [9.17, 15) is 32.8 Å². The van der Waals surface area contributed by atoms with E-state index in [1.807, 2.05) is 13.8 Å². The molecule has 3 atom stereocenters. The third-order valence-corrected chi connectivity index (χ3v) is 7.79. The van der Waals surface area contributed by atoms with Gasteiger partial charge < -0.3 is 20.5 Å². The molecule has 1 aliphatic carbocycles. The third kappa shape index (κ3) is 5.37. The van der Waals surface area contributed by atoms with Crippen molar-refractivity contribution >= 4 is 17.7 Å². The number of nitrogens with zero attached hydrogens (tertiary/aromatic N) is 2. The number of nitriles is 1. The number of amides is 3. The zero-order valence-electron chi connectivity index (χ0n) is 20.5. The van der Waals surface area contributed by atoms with E-state index in [1.54, 1.807) is 0 Å². The topological polar surface area (TPSA) is 118 Å². The molecule has 3 N–H and O–H groups in total. The molecule has 0 radical (unpaired) electrons. The Bertz CT molecular complexity index is 1070. The van der Waals surface area contributed by atoms with Crippen molar-refractivity contribution in [3.8, 4) is 6.07 Å². The minimum absolute atomic E-state index is 0.148. The summed E-state index contributed by atoms with van der Waals surface area (Å²) in [6, 6.07) is 2.12. The van der Waals surface area contributed by atoms with E-state index < -0.39 is 41.7 Å². The first-order valence-electron chi connectivity index (χ1n) is 12.4. The lowest BCUT2D eigenvalue weighted by atomic mass is 9.72. The highest BCUT2D eigenvalue weighted by Crippen LogP contribution is 2.47. The Morgan fingerprint density at radius 3 is 2.47 bits per heavy atom. The molecule has 11 heteroatoms. The van der Waals surface area contributed by atoms with E-state index in [0.29, 0.717) is 12.8 Å². The summed E-state index contributed by atoms with van der Waals surface area (Å²) in [5.41, 5.74) is -1.91. The molecule has 3 amide bonds. The Hall–Kier alpha value is -3.03. The number of rotatable bonds is 5. The van der Waals surface area contributed by atoms with E-state index in [-0.39, 0.29) is 35.5 Å². The molecule has 1 aromatic rings. The molecule has 2 saturated heterocycles. The van der Waals surface area contributed by atoms with Crippen LogP contribution in [-0.4, -0.2) is 51.8 Å². The average molecular weight is 508 g/mol. The van der Waals surface area contributed by atoms with Gasteiger partial charge in [-0.1, -0.05) is 19.3 Å². The number of carbonyl (C=O) groups is 3. The SMILES string of the molecule is CC1(C)CC(CC(C#N)NC(=O)C2CC3(CCCCC3)CN2C(=O)c2ccc(C(F)(F)F)[nH]2)C(=O)N1. The second kappa shape index (κ2) is 9.45. The van der Waals surface area contributed by atoms with Gasteiger partial charge in [0.15, 0.2) is 0 Å². The fourth-order valence-corrected chi connectivity index (χ4v) is 6.09. The fourth-order valence-electron chi connectivity index (χ4n) is 6.09. The average Bonchev–Trinajstić information content (AvgIpc) is 3.49. The molecule has 36 heavy (non-hydrogen) atoms. The second-order valence-electron chi connectivity index (χ2n) is 11.2. The van der Waals surface area contributed by atoms with Crippen LogP contribution in [0.5, 0.6) is 0 Å². The molecular weight excluding hydrogens is 475 g/mol. The highest BCUT2D eigenvalue weighted by Gasteiger charge is 2.50. The maximum atomic E-state index is 13.4. The smallest absolute Gasteiger partial charge is 0.351 e. The number of hydrogen-bond acceptors (Lipinski definition) is 4. The van der Waals surface area contributed by atoms with Gasteiger partial charge >= 0.3 is 6.18 Å². The highest BCUT2D eigenvalue weighted by atomic mass is 19.4. The lowest BCUT2D eigenvalue weighted by Gasteiger charge is -2.32. The maximum absolute atomic E-state index is 13.4. The summed E-state index contributed by atoms with van der Waals surface area (Å²) in [5.74, 6) is -1.77. The number of carbonyl (C=O) groups excluding carboxylic acids is 3. The lowest BCUT2D eigenvalue weighted by molar-refractivity contribution is -0.140. The largest absolute Gasteiger partial charge is 0.431 e. The van der Waals surface area contributed by atoms with Crippen LogP contribution < -0.4 is 10.6 Å². The summed E-state index contributed by atoms with van der Waals surface area (Å²) in [7, 11) is 0. The zero-order chi connectivity index (χ0) is 26.3. The molecule has 3 heterocycles. The van der Waals surface area contributed by atoms with E-state index in [2.05, 4.69) is 21.7 Å². The van der Waals surface area contributed by atoms with Crippen molar-refractivity contribution in [2.75, 3.05) is 6.54 Å². The zero-order valence-corrected chi connectivity index (χ0v) is 20.5. The minimum atomic E-state index is -4.62. The Morgan fingerprint density at radius 2 is 1.92 bits per heavy atom. The Morgan fingerprint density at radius 1 is 1.22 bits per heavy atom. The predicted octanol–water partition coefficient (Wildman–Crippen LogP) is 3.51. The van der Waals surface area contributed by atoms with Crippen LogP contribution in [-0.2, 0) is 15.8 Å². The quantitative estimate of drug-likeness (QED) is 0.565. The lowest BCUT2D eigenvalue weighted by Crippen LogP contribution is -2.49. The van der Waals surface area contributed by atoms with Gasteiger partial charge in [0.25, 0.3) is 5.91 Å². The number of halogens is 3. The van der Waals surface area contributed by atoms with Crippen LogP contribution in [0.3, 0.4) is 0 Å². The number of H-pyrrole nitrogens is 1. The normalized spacial score (nSPS) is 25.9. The molecule has 3 fully saturated rings. The second-order valence-corrected chi connectivity index (χ2v) is 11.2. The number of alkyl halides is 3. The molecule has 1 aromatic heterocycles. The van der Waals surface area contributed by atoms with Crippen molar-refractivity contribution in [3.63, 3.8) is 0 Å². The monoisotopic (exact) mass is 507 g/mol. The number of nitrogens with one attached hydrogen (secondary N) is 3. The maximum Gasteiger partial charge on any atom is 0.431 e. The molecule has 4 rings (SSSR count). The fraction of sp³-hybridized carbons (Fsp3) is 0.680. The standard InChI is InChI=1S/C25H32F3N5O3/c1-23(2)11-15(20(34)32-23)10-16(13-29)30-21(35)18-12-24(8-4-3-5-9-24)14-33(18)22(36)17-6-7-19(31-17)25(26,27)28/h6-7,15-16,18,31H,3-5,8-12,14H2,1-2H3,(H,30,35)(H,32,34). The molecule has 3 unspecified atom stereocenters. The van der Waals surface area contributed by atoms with Gasteiger partial charge in [-0.15, -0.1) is 0 Å². The van der Waals surface area contributed by atoms with Crippen LogP contribution in [0.25, 0.3) is 0 Å². The van der Waals surface area contributed by atoms with Gasteiger partial charge in [0, 0.05) is 18.0 Å². The number of hydrogen-bond donors (Lipinski definition) is 3. The summed E-state index contributed by atoms with van der Waals surface area (Å²) >= 11 is 0. The first kappa shape index (κ1) is 26.0. The molecule has 3 aliphatic rings. The molecular formula is C25H32F3N5O3. The molecule has 1 spiro atoms. The van der Waals surface area contributed by atoms with E-state index in [0.717, 1.165) is 44.2 Å². The third-order valence-electron chi connectivity index (χ3n) is 7.79. The van der Waals surface area contributed by atoms with Crippen molar-refractivity contribution in [1.82, 2.24) is 20.5 Å². The first-order valence-corrected chi connectivity index (χ1v) is 12.4. The van der Waals surface area contributed by atoms with Crippen molar-refractivity contribution < 1.29 is 27.6 Å². The van der Waals surface area contributed by atoms with Gasteiger partial charge in [0.2, 0.25) is 11.8 Å². The molecule has 196 valence electrons. The van der Waals surface area contributed by atoms with Crippen molar-refractivity contribution in [2.24, 2.45) is 11.3 Å². The molecule has 0 bridgehead atoms. The molecule has 2 aliphatic heterocycles. The predicted molar refractivity (Wildman–Crippen MR) is 123 cm³/mol. The van der Waals surface area contributed by atoms with Gasteiger partial charge in [-0.05, 0) is 63.5 Å². The van der Waals surface area contributed by atoms with Crippen molar-refractivity contribution in [2.45, 2.75) is 89.0 Å². The molecule has 1 saturated carbocycles. The van der Waals surface area contributed by atoms with Gasteiger partial charge in [0.05, 0.1) is 6.07 Å². The number of aromatic nitrogens is 1. The van der Waals surface area contributed by atoms with Crippen molar-refractivity contribution in [3.05, 3.63) is 23.5 Å². The molecule has 8 nitrogen and oxygen atoms in total. The van der Waals surface area contributed by atoms with Crippen LogP contribution in [0, 0.1) is 22.7 Å². The van der Waals surface area contributed by atoms with E-state index in [4.69, 9.17) is 0 Å². The Labute approximate surface area is 208 Å². The van der Waals surface area contributed by atoms with Crippen LogP contribution in [0.4, 0.5) is 13.2 Å². The van der Waals surface area contributed by atoms with Crippen LogP contribution >= 0.6 is 0 Å². The van der Waals surface area contributed by atoms with Gasteiger partial charge in [-0.2, -0.15) is 18.4 Å². The minimum Gasteiger partial charge on any atom is -0.351 e. The number of likely N-dealkylation sites (tertiary alicyclic amines) is 1. The van der Waals surface area contributed by atoms with E-state index >= 15 is 0 Å². The summed E-state index contributed by atoms with van der Waals surface area (Å²) in [6.07, 6.45) is 1.11. The van der Waals surface area contributed by atoms with Crippen molar-refractivity contribution in [1.29, 1.82) is 5.26 Å². The van der Waals surface area contributed by atoms with Gasteiger partial charge in [-0.25, -0.2) is 0 Å². The summed E-state index contributed by atoms with van der Waals surface area (Å²) in [4.78, 5) is 42.5.